The number of fused-ring (bicyclic) bond motifs is 2. The third-order valence-electron chi connectivity index (χ3n) is 4.24. The maximum Gasteiger partial charge on any atom is 0.258 e. The summed E-state index contributed by atoms with van der Waals surface area (Å²) in [5.41, 5.74) is 3.92. The summed E-state index contributed by atoms with van der Waals surface area (Å²) in [4.78, 5) is 19.2. The molecule has 0 saturated carbocycles. The minimum atomic E-state index is -0.0993. The van der Waals surface area contributed by atoms with Gasteiger partial charge in [0, 0.05) is 24.5 Å². The predicted molar refractivity (Wildman–Crippen MR) is 92.3 cm³/mol. The number of hydrogen-bond acceptors (Lipinski definition) is 3. The molecule has 116 valence electrons. The van der Waals surface area contributed by atoms with Crippen molar-refractivity contribution in [1.82, 2.24) is 9.38 Å². The molecule has 1 aromatic carbocycles. The monoisotopic (exact) mass is 325 g/mol. The van der Waals surface area contributed by atoms with E-state index >= 15 is 0 Å². The quantitative estimate of drug-likeness (QED) is 0.725. The van der Waals surface area contributed by atoms with Crippen molar-refractivity contribution in [1.29, 1.82) is 0 Å². The minimum absolute atomic E-state index is 0.0993. The first-order valence-electron chi connectivity index (χ1n) is 7.71. The van der Waals surface area contributed by atoms with Crippen LogP contribution in [-0.2, 0) is 13.0 Å². The van der Waals surface area contributed by atoms with E-state index in [9.17, 15) is 4.79 Å². The van der Waals surface area contributed by atoms with E-state index in [4.69, 9.17) is 11.6 Å². The highest BCUT2D eigenvalue weighted by atomic mass is 35.5. The number of rotatable bonds is 2. The predicted octanol–water partition coefficient (Wildman–Crippen LogP) is 3.30. The van der Waals surface area contributed by atoms with Gasteiger partial charge in [-0.2, -0.15) is 0 Å². The van der Waals surface area contributed by atoms with Gasteiger partial charge in [-0.25, -0.2) is 4.98 Å². The molecule has 0 fully saturated rings. The van der Waals surface area contributed by atoms with E-state index in [1.165, 1.54) is 15.7 Å². The third-order valence-corrected chi connectivity index (χ3v) is 4.46. The molecule has 4 nitrogen and oxygen atoms in total. The molecule has 1 aliphatic heterocycles. The van der Waals surface area contributed by atoms with Crippen molar-refractivity contribution in [3.63, 3.8) is 0 Å². The average Bonchev–Trinajstić information content (AvgIpc) is 2.56. The van der Waals surface area contributed by atoms with Crippen LogP contribution in [0, 0.1) is 0 Å². The Morgan fingerprint density at radius 2 is 2.04 bits per heavy atom. The summed E-state index contributed by atoms with van der Waals surface area (Å²) in [6.07, 6.45) is 3.84. The largest absolute Gasteiger partial charge is 0.365 e. The van der Waals surface area contributed by atoms with Crippen LogP contribution in [0.4, 0.5) is 5.69 Å². The number of benzene rings is 1. The lowest BCUT2D eigenvalue weighted by Crippen LogP contribution is -2.30. The van der Waals surface area contributed by atoms with Crippen molar-refractivity contribution in [3.05, 3.63) is 75.3 Å². The number of nitrogens with zero attached hydrogens (tertiary/aromatic N) is 3. The molecular weight excluding hydrogens is 310 g/mol. The molecule has 1 aliphatic rings. The van der Waals surface area contributed by atoms with E-state index in [0.29, 0.717) is 17.2 Å². The summed E-state index contributed by atoms with van der Waals surface area (Å²) in [6.45, 7) is 1.63. The van der Waals surface area contributed by atoms with E-state index in [2.05, 4.69) is 34.1 Å². The van der Waals surface area contributed by atoms with Gasteiger partial charge in [0.1, 0.15) is 5.65 Å². The van der Waals surface area contributed by atoms with Crippen LogP contribution in [0.25, 0.3) is 5.65 Å². The Morgan fingerprint density at radius 3 is 2.96 bits per heavy atom. The van der Waals surface area contributed by atoms with Gasteiger partial charge in [-0.1, -0.05) is 29.8 Å². The molecule has 3 heterocycles. The van der Waals surface area contributed by atoms with Gasteiger partial charge >= 0.3 is 0 Å². The number of anilines is 1. The van der Waals surface area contributed by atoms with Crippen molar-refractivity contribution in [3.8, 4) is 0 Å². The highest BCUT2D eigenvalue weighted by Crippen LogP contribution is 2.27. The lowest BCUT2D eigenvalue weighted by atomic mass is 10.0. The molecular formula is C18H16ClN3O. The molecule has 0 spiro atoms. The van der Waals surface area contributed by atoms with Crippen molar-refractivity contribution in [2.45, 2.75) is 19.4 Å². The number of halogens is 1. The smallest absolute Gasteiger partial charge is 0.258 e. The Kier molecular flexibility index (Phi) is 3.54. The molecule has 3 aromatic rings. The lowest BCUT2D eigenvalue weighted by Gasteiger charge is -2.31. The van der Waals surface area contributed by atoms with Crippen LogP contribution >= 0.6 is 11.6 Å². The number of pyridine rings is 1. The molecule has 0 bridgehead atoms. The zero-order chi connectivity index (χ0) is 15.8. The fourth-order valence-corrected chi connectivity index (χ4v) is 3.34. The second-order valence-corrected chi connectivity index (χ2v) is 6.25. The van der Waals surface area contributed by atoms with Crippen LogP contribution < -0.4 is 10.5 Å². The molecule has 0 unspecified atom stereocenters. The van der Waals surface area contributed by atoms with E-state index < -0.39 is 0 Å². The SMILES string of the molecule is O=c1cc(CN2CCCc3ccccc32)nc2ccc(Cl)cn12. The van der Waals surface area contributed by atoms with Gasteiger partial charge in [-0.15, -0.1) is 0 Å². The van der Waals surface area contributed by atoms with Gasteiger partial charge in [0.25, 0.3) is 5.56 Å². The minimum Gasteiger partial charge on any atom is -0.365 e. The van der Waals surface area contributed by atoms with Gasteiger partial charge in [0.05, 0.1) is 17.3 Å². The summed E-state index contributed by atoms with van der Waals surface area (Å²) in [5.74, 6) is 0. The van der Waals surface area contributed by atoms with Crippen LogP contribution in [0.1, 0.15) is 17.7 Å². The fourth-order valence-electron chi connectivity index (χ4n) is 3.18. The summed E-state index contributed by atoms with van der Waals surface area (Å²) in [7, 11) is 0. The standard InChI is InChI=1S/C18H16ClN3O/c19-14-7-8-17-20-15(10-18(23)22(17)11-14)12-21-9-3-5-13-4-1-2-6-16(13)21/h1-2,4,6-8,10-11H,3,5,9,12H2. The Hall–Kier alpha value is -2.33. The van der Waals surface area contributed by atoms with Crippen LogP contribution in [0.5, 0.6) is 0 Å². The Morgan fingerprint density at radius 1 is 1.17 bits per heavy atom. The molecule has 23 heavy (non-hydrogen) atoms. The van der Waals surface area contributed by atoms with Crippen molar-refractivity contribution in [2.75, 3.05) is 11.4 Å². The first-order valence-corrected chi connectivity index (χ1v) is 8.09. The second kappa shape index (κ2) is 5.70. The average molecular weight is 326 g/mol. The Labute approximate surface area is 139 Å². The van der Waals surface area contributed by atoms with Crippen molar-refractivity contribution < 1.29 is 0 Å². The zero-order valence-electron chi connectivity index (χ0n) is 12.6. The molecule has 0 saturated heterocycles. The van der Waals surface area contributed by atoms with Crippen LogP contribution in [-0.4, -0.2) is 15.9 Å². The van der Waals surface area contributed by atoms with E-state index in [0.717, 1.165) is 25.1 Å². The van der Waals surface area contributed by atoms with Gasteiger partial charge in [0.2, 0.25) is 0 Å². The van der Waals surface area contributed by atoms with Gasteiger partial charge in [0.15, 0.2) is 0 Å². The Bertz CT molecular complexity index is 935. The van der Waals surface area contributed by atoms with E-state index in [-0.39, 0.29) is 5.56 Å². The molecule has 5 heteroatoms. The number of aryl methyl sites for hydroxylation is 1. The van der Waals surface area contributed by atoms with Gasteiger partial charge in [-0.05, 0) is 36.6 Å². The van der Waals surface area contributed by atoms with Crippen molar-refractivity contribution >= 4 is 22.9 Å². The summed E-state index contributed by atoms with van der Waals surface area (Å²) in [6, 6.07) is 13.6. The normalized spacial score (nSPS) is 14.0. The van der Waals surface area contributed by atoms with Crippen LogP contribution in [0.3, 0.4) is 0 Å². The lowest BCUT2D eigenvalue weighted by molar-refractivity contribution is 0.683. The molecule has 0 amide bonds. The highest BCUT2D eigenvalue weighted by Gasteiger charge is 2.17. The number of hydrogen-bond donors (Lipinski definition) is 0. The topological polar surface area (TPSA) is 37.6 Å². The Balaban J connectivity index is 1.72. The molecule has 0 radical (unpaired) electrons. The van der Waals surface area contributed by atoms with Crippen LogP contribution in [0.2, 0.25) is 5.02 Å². The molecule has 2 aromatic heterocycles. The molecule has 0 aliphatic carbocycles. The molecule has 4 rings (SSSR count). The van der Waals surface area contributed by atoms with Crippen molar-refractivity contribution in [2.24, 2.45) is 0 Å². The maximum atomic E-state index is 12.3. The molecule has 0 N–H and O–H groups in total. The molecule has 0 atom stereocenters. The third kappa shape index (κ3) is 2.70. The maximum absolute atomic E-state index is 12.3. The second-order valence-electron chi connectivity index (χ2n) is 5.82. The first kappa shape index (κ1) is 14.3. The number of aromatic nitrogens is 2. The van der Waals surface area contributed by atoms with E-state index in [1.54, 1.807) is 24.4 Å². The highest BCUT2D eigenvalue weighted by molar-refractivity contribution is 6.30. The summed E-state index contributed by atoms with van der Waals surface area (Å²) < 4.78 is 1.48. The van der Waals surface area contributed by atoms with Gasteiger partial charge < -0.3 is 4.90 Å². The zero-order valence-corrected chi connectivity index (χ0v) is 13.3. The van der Waals surface area contributed by atoms with E-state index in [1.807, 2.05) is 0 Å². The van der Waals surface area contributed by atoms with Gasteiger partial charge in [-0.3, -0.25) is 9.20 Å². The van der Waals surface area contributed by atoms with Crippen LogP contribution in [0.15, 0.2) is 53.5 Å². The summed E-state index contributed by atoms with van der Waals surface area (Å²) in [5, 5.41) is 0.527. The fraction of sp³-hybridized carbons (Fsp3) is 0.222. The number of para-hydroxylation sites is 1. The summed E-state index contributed by atoms with van der Waals surface area (Å²) >= 11 is 5.95. The first-order chi connectivity index (χ1) is 11.2.